The van der Waals surface area contributed by atoms with Crippen molar-refractivity contribution < 1.29 is 26.7 Å². The number of carbonyl (C=O) groups excluding carboxylic acids is 1. The second-order valence-corrected chi connectivity index (χ2v) is 12.1. The van der Waals surface area contributed by atoms with E-state index >= 15 is 4.39 Å². The Kier molecular flexibility index (Phi) is 8.41. The summed E-state index contributed by atoms with van der Waals surface area (Å²) in [6.45, 7) is 1.83. The van der Waals surface area contributed by atoms with Gasteiger partial charge in [-0.25, -0.2) is 36.9 Å². The van der Waals surface area contributed by atoms with Crippen molar-refractivity contribution >= 4 is 33.4 Å². The van der Waals surface area contributed by atoms with Crippen molar-refractivity contribution in [2.75, 3.05) is 11.8 Å². The summed E-state index contributed by atoms with van der Waals surface area (Å²) in [4.78, 5) is 28.0. The van der Waals surface area contributed by atoms with Gasteiger partial charge in [-0.2, -0.15) is 0 Å². The number of amides is 1. The Bertz CT molecular complexity index is 1750. The Balaban J connectivity index is 1.50. The Morgan fingerprint density at radius 3 is 2.69 bits per heavy atom. The summed E-state index contributed by atoms with van der Waals surface area (Å²) < 4.78 is 62.4. The lowest BCUT2D eigenvalue weighted by Crippen LogP contribution is -2.32. The number of aryl methyl sites for hydroxylation is 1. The van der Waals surface area contributed by atoms with Crippen LogP contribution < -0.4 is 10.0 Å². The summed E-state index contributed by atoms with van der Waals surface area (Å²) in [5.74, 6) is -0.340. The Hall–Kier alpha value is -4.10. The number of halogens is 3. The standard InChI is InChI=1S/C28H27ClF2N6O4S/c1-15(33-28(38)41-2)6-9-23-32-11-10-21(34-23)26-25(35-27(36-26)16-7-8-16)20-12-17(29)13-22(24(20)31)37-42(39,40)19-5-3-4-18(30)14-19/h3-5,10-16,37H,6-9H2,1-2H3,(H,33,38)(H,35,36)/t15-/m0/s1. The van der Waals surface area contributed by atoms with Gasteiger partial charge in [-0.1, -0.05) is 17.7 Å². The number of carbonyl (C=O) groups is 1. The maximum absolute atomic E-state index is 16.0. The third kappa shape index (κ3) is 6.68. The Morgan fingerprint density at radius 1 is 1.19 bits per heavy atom. The number of alkyl carbamates (subject to hydrolysis) is 1. The molecule has 0 spiro atoms. The number of anilines is 1. The van der Waals surface area contributed by atoms with E-state index in [1.54, 1.807) is 12.3 Å². The molecule has 0 aliphatic heterocycles. The molecular formula is C28H27ClF2N6O4S. The van der Waals surface area contributed by atoms with Gasteiger partial charge in [0.2, 0.25) is 0 Å². The van der Waals surface area contributed by atoms with Crippen LogP contribution in [0, 0.1) is 11.6 Å². The molecule has 1 aliphatic carbocycles. The Morgan fingerprint density at radius 2 is 1.98 bits per heavy atom. The number of hydrogen-bond acceptors (Lipinski definition) is 7. The summed E-state index contributed by atoms with van der Waals surface area (Å²) in [6, 6.07) is 8.33. The van der Waals surface area contributed by atoms with E-state index in [0.717, 1.165) is 31.0 Å². The minimum atomic E-state index is -4.33. The summed E-state index contributed by atoms with van der Waals surface area (Å²) >= 11 is 6.33. The topological polar surface area (TPSA) is 139 Å². The fourth-order valence-electron chi connectivity index (χ4n) is 4.33. The van der Waals surface area contributed by atoms with E-state index < -0.39 is 33.4 Å². The molecule has 2 heterocycles. The Labute approximate surface area is 246 Å². The highest BCUT2D eigenvalue weighted by molar-refractivity contribution is 7.92. The van der Waals surface area contributed by atoms with E-state index in [0.29, 0.717) is 35.9 Å². The monoisotopic (exact) mass is 616 g/mol. The second kappa shape index (κ2) is 12.0. The molecule has 2 aromatic carbocycles. The highest BCUT2D eigenvalue weighted by Gasteiger charge is 2.30. The van der Waals surface area contributed by atoms with Gasteiger partial charge in [-0.15, -0.1) is 0 Å². The fourth-order valence-corrected chi connectivity index (χ4v) is 5.63. The zero-order valence-electron chi connectivity index (χ0n) is 22.6. The van der Waals surface area contributed by atoms with Crippen LogP contribution in [-0.4, -0.2) is 47.6 Å². The molecule has 0 saturated heterocycles. The van der Waals surface area contributed by atoms with Crippen LogP contribution in [0.1, 0.15) is 43.8 Å². The third-order valence-corrected chi connectivity index (χ3v) is 8.22. The minimum Gasteiger partial charge on any atom is -0.453 e. The van der Waals surface area contributed by atoms with Gasteiger partial charge in [0.1, 0.15) is 23.2 Å². The van der Waals surface area contributed by atoms with E-state index in [4.69, 9.17) is 11.6 Å². The molecule has 3 N–H and O–H groups in total. The highest BCUT2D eigenvalue weighted by atomic mass is 35.5. The number of sulfonamides is 1. The highest BCUT2D eigenvalue weighted by Crippen LogP contribution is 2.43. The molecule has 10 nitrogen and oxygen atoms in total. The van der Waals surface area contributed by atoms with Crippen LogP contribution in [-0.2, 0) is 21.2 Å². The van der Waals surface area contributed by atoms with Crippen LogP contribution in [0.25, 0.3) is 22.6 Å². The number of hydrogen-bond donors (Lipinski definition) is 3. The van der Waals surface area contributed by atoms with Crippen molar-refractivity contribution in [1.82, 2.24) is 25.3 Å². The largest absolute Gasteiger partial charge is 0.453 e. The van der Waals surface area contributed by atoms with Crippen LogP contribution in [0.5, 0.6) is 0 Å². The minimum absolute atomic E-state index is 0.0475. The lowest BCUT2D eigenvalue weighted by Gasteiger charge is -2.13. The number of nitrogens with zero attached hydrogens (tertiary/aromatic N) is 3. The first-order chi connectivity index (χ1) is 20.0. The van der Waals surface area contributed by atoms with E-state index in [2.05, 4.69) is 34.7 Å². The molecule has 0 radical (unpaired) electrons. The van der Waals surface area contributed by atoms with E-state index in [1.807, 2.05) is 6.92 Å². The number of rotatable bonds is 10. The molecule has 220 valence electrons. The predicted octanol–water partition coefficient (Wildman–Crippen LogP) is 5.82. The summed E-state index contributed by atoms with van der Waals surface area (Å²) in [6.07, 6.45) is 3.86. The lowest BCUT2D eigenvalue weighted by atomic mass is 10.1. The lowest BCUT2D eigenvalue weighted by molar-refractivity contribution is 0.167. The molecule has 42 heavy (non-hydrogen) atoms. The smallest absolute Gasteiger partial charge is 0.407 e. The van der Waals surface area contributed by atoms with Gasteiger partial charge in [0.05, 0.1) is 29.1 Å². The number of aromatic amines is 1. The number of ether oxygens (including phenoxy) is 1. The summed E-state index contributed by atoms with van der Waals surface area (Å²) in [5, 5.41) is 2.75. The maximum Gasteiger partial charge on any atom is 0.407 e. The second-order valence-electron chi connectivity index (χ2n) is 9.93. The van der Waals surface area contributed by atoms with Gasteiger partial charge < -0.3 is 15.0 Å². The average Bonchev–Trinajstić information content (AvgIpc) is 3.72. The summed E-state index contributed by atoms with van der Waals surface area (Å²) in [7, 11) is -3.05. The van der Waals surface area contributed by atoms with Gasteiger partial charge in [-0.05, 0) is 62.6 Å². The van der Waals surface area contributed by atoms with Crippen LogP contribution >= 0.6 is 11.6 Å². The predicted molar refractivity (Wildman–Crippen MR) is 153 cm³/mol. The third-order valence-electron chi connectivity index (χ3n) is 6.64. The summed E-state index contributed by atoms with van der Waals surface area (Å²) in [5.41, 5.74) is 0.604. The average molecular weight is 617 g/mol. The number of aromatic nitrogens is 4. The first-order valence-electron chi connectivity index (χ1n) is 13.1. The molecular weight excluding hydrogens is 590 g/mol. The normalized spacial score (nSPS) is 13.9. The molecule has 2 aromatic heterocycles. The van der Waals surface area contributed by atoms with Crippen molar-refractivity contribution in [2.45, 2.75) is 49.5 Å². The van der Waals surface area contributed by atoms with Crippen LogP contribution in [0.2, 0.25) is 5.02 Å². The van der Waals surface area contributed by atoms with E-state index in [9.17, 15) is 17.6 Å². The van der Waals surface area contributed by atoms with Crippen molar-refractivity contribution in [1.29, 1.82) is 0 Å². The van der Waals surface area contributed by atoms with Crippen LogP contribution in [0.4, 0.5) is 19.3 Å². The zero-order valence-corrected chi connectivity index (χ0v) is 24.2. The van der Waals surface area contributed by atoms with E-state index in [1.165, 1.54) is 25.3 Å². The molecule has 4 aromatic rings. The SMILES string of the molecule is COC(=O)N[C@@H](C)CCc1nccc(-c2[nH]c(C3CC3)nc2-c2cc(Cl)cc(NS(=O)(=O)c3cccc(F)c3)c2F)n1. The van der Waals surface area contributed by atoms with Crippen molar-refractivity contribution in [3.8, 4) is 22.6 Å². The van der Waals surface area contributed by atoms with Crippen molar-refractivity contribution in [3.63, 3.8) is 0 Å². The maximum atomic E-state index is 16.0. The molecule has 1 fully saturated rings. The quantitative estimate of drug-likeness (QED) is 0.204. The number of benzene rings is 2. The number of methoxy groups -OCH3 is 1. The molecule has 14 heteroatoms. The molecule has 1 saturated carbocycles. The molecule has 0 bridgehead atoms. The molecule has 0 unspecified atom stereocenters. The first kappa shape index (κ1) is 29.4. The number of nitrogens with one attached hydrogen (secondary N) is 3. The van der Waals surface area contributed by atoms with Gasteiger partial charge in [0.25, 0.3) is 10.0 Å². The molecule has 1 amide bonds. The fraction of sp³-hybridized carbons (Fsp3) is 0.286. The van der Waals surface area contributed by atoms with Crippen LogP contribution in [0.15, 0.2) is 53.6 Å². The van der Waals surface area contributed by atoms with Crippen LogP contribution in [0.3, 0.4) is 0 Å². The zero-order chi connectivity index (χ0) is 30.0. The van der Waals surface area contributed by atoms with Gasteiger partial charge in [-0.3, -0.25) is 4.72 Å². The van der Waals surface area contributed by atoms with Gasteiger partial charge in [0.15, 0.2) is 5.82 Å². The van der Waals surface area contributed by atoms with Gasteiger partial charge in [0, 0.05) is 35.2 Å². The number of H-pyrrole nitrogens is 1. The molecule has 1 atom stereocenters. The molecule has 5 rings (SSSR count). The number of imidazole rings is 1. The van der Waals surface area contributed by atoms with E-state index in [-0.39, 0.29) is 33.1 Å². The van der Waals surface area contributed by atoms with Gasteiger partial charge >= 0.3 is 6.09 Å². The molecule has 1 aliphatic rings. The van der Waals surface area contributed by atoms with Crippen molar-refractivity contribution in [2.24, 2.45) is 0 Å². The first-order valence-corrected chi connectivity index (χ1v) is 14.9. The van der Waals surface area contributed by atoms with Crippen molar-refractivity contribution in [3.05, 3.63) is 77.0 Å².